The van der Waals surface area contributed by atoms with Crippen LogP contribution in [0.4, 0.5) is 4.79 Å². The zero-order chi connectivity index (χ0) is 23.0. The van der Waals surface area contributed by atoms with Gasteiger partial charge in [-0.3, -0.25) is 9.88 Å². The molecule has 7 heteroatoms. The number of nitrogens with zero attached hydrogens (tertiary/aromatic N) is 3. The fraction of sp³-hybridized carbons (Fsp3) is 0.538. The molecule has 2 aromatic rings. The van der Waals surface area contributed by atoms with Gasteiger partial charge in [0.25, 0.3) is 0 Å². The van der Waals surface area contributed by atoms with Crippen LogP contribution in [0.25, 0.3) is 0 Å². The molecule has 0 spiro atoms. The Morgan fingerprint density at radius 1 is 1.24 bits per heavy atom. The molecule has 1 amide bonds. The van der Waals surface area contributed by atoms with E-state index in [1.807, 2.05) is 47.5 Å². The second-order valence-corrected chi connectivity index (χ2v) is 9.11. The first-order valence-corrected chi connectivity index (χ1v) is 12.1. The van der Waals surface area contributed by atoms with Gasteiger partial charge in [-0.15, -0.1) is 0 Å². The Balaban J connectivity index is 1.42. The second kappa shape index (κ2) is 11.6. The third kappa shape index (κ3) is 6.10. The first-order valence-electron chi connectivity index (χ1n) is 12.1. The maximum atomic E-state index is 13.1. The molecule has 1 aromatic carbocycles. The number of benzene rings is 1. The SMILES string of the molecule is CN(C[C@@H]1CC(OCCCN)CN1C(=O)OCc1ccccc1)C1CCCc2cccnc21. The van der Waals surface area contributed by atoms with Crippen molar-refractivity contribution in [3.8, 4) is 0 Å². The van der Waals surface area contributed by atoms with Crippen LogP contribution < -0.4 is 5.73 Å². The molecule has 1 saturated heterocycles. The second-order valence-electron chi connectivity index (χ2n) is 9.11. The van der Waals surface area contributed by atoms with Gasteiger partial charge in [0.05, 0.1) is 30.4 Å². The van der Waals surface area contributed by atoms with Crippen molar-refractivity contribution in [1.82, 2.24) is 14.8 Å². The van der Waals surface area contributed by atoms with Gasteiger partial charge in [0, 0.05) is 19.3 Å². The summed E-state index contributed by atoms with van der Waals surface area (Å²) < 4.78 is 11.7. The smallest absolute Gasteiger partial charge is 0.410 e. The molecule has 0 saturated carbocycles. The lowest BCUT2D eigenvalue weighted by Crippen LogP contribution is -2.44. The summed E-state index contributed by atoms with van der Waals surface area (Å²) in [6.45, 7) is 2.82. The predicted octanol–water partition coefficient (Wildman–Crippen LogP) is 3.54. The molecule has 1 aromatic heterocycles. The number of hydrogen-bond donors (Lipinski definition) is 1. The number of hydrogen-bond acceptors (Lipinski definition) is 6. The van der Waals surface area contributed by atoms with Crippen molar-refractivity contribution < 1.29 is 14.3 Å². The minimum Gasteiger partial charge on any atom is -0.445 e. The summed E-state index contributed by atoms with van der Waals surface area (Å²) in [6.07, 6.45) is 6.58. The standard InChI is InChI=1S/C26H36N4O3/c1-29(24-12-5-10-21-11-6-14-28-25(21)24)17-22-16-23(32-15-7-13-27)18-30(22)26(31)33-19-20-8-3-2-4-9-20/h2-4,6,8-9,11,14,22-24H,5,7,10,12-13,15-19,27H2,1H3/t22-,23?,24?/m0/s1. The molecule has 4 rings (SSSR count). The highest BCUT2D eigenvalue weighted by atomic mass is 16.6. The van der Waals surface area contributed by atoms with Crippen molar-refractivity contribution in [3.63, 3.8) is 0 Å². The van der Waals surface area contributed by atoms with E-state index >= 15 is 0 Å². The van der Waals surface area contributed by atoms with E-state index in [9.17, 15) is 4.79 Å². The first-order chi connectivity index (χ1) is 16.2. The third-order valence-electron chi connectivity index (χ3n) is 6.71. The Morgan fingerprint density at radius 2 is 2.09 bits per heavy atom. The van der Waals surface area contributed by atoms with Gasteiger partial charge in [-0.1, -0.05) is 36.4 Å². The van der Waals surface area contributed by atoms with Crippen molar-refractivity contribution in [3.05, 3.63) is 65.5 Å². The van der Waals surface area contributed by atoms with Gasteiger partial charge in [0.15, 0.2) is 0 Å². The molecule has 2 N–H and O–H groups in total. The summed E-state index contributed by atoms with van der Waals surface area (Å²) in [7, 11) is 2.14. The van der Waals surface area contributed by atoms with Crippen LogP contribution >= 0.6 is 0 Å². The average molecular weight is 453 g/mol. The highest BCUT2D eigenvalue weighted by Gasteiger charge is 2.38. The van der Waals surface area contributed by atoms with Gasteiger partial charge in [0.2, 0.25) is 0 Å². The molecule has 3 atom stereocenters. The normalized spacial score (nSPS) is 22.4. The zero-order valence-electron chi connectivity index (χ0n) is 19.6. The highest BCUT2D eigenvalue weighted by Crippen LogP contribution is 2.33. The van der Waals surface area contributed by atoms with Crippen LogP contribution in [0.15, 0.2) is 48.7 Å². The topological polar surface area (TPSA) is 80.9 Å². The third-order valence-corrected chi connectivity index (χ3v) is 6.71. The zero-order valence-corrected chi connectivity index (χ0v) is 19.6. The molecular weight excluding hydrogens is 416 g/mol. The Kier molecular flexibility index (Phi) is 8.31. The molecule has 178 valence electrons. The number of carbonyl (C=O) groups excluding carboxylic acids is 1. The van der Waals surface area contributed by atoms with Crippen molar-refractivity contribution in [2.75, 3.05) is 33.3 Å². The lowest BCUT2D eigenvalue weighted by molar-refractivity contribution is 0.0529. The van der Waals surface area contributed by atoms with Crippen LogP contribution in [0.1, 0.15) is 48.5 Å². The molecule has 2 aliphatic rings. The van der Waals surface area contributed by atoms with Crippen LogP contribution in [-0.4, -0.2) is 66.3 Å². The van der Waals surface area contributed by atoms with Gasteiger partial charge in [-0.2, -0.15) is 0 Å². The van der Waals surface area contributed by atoms with Gasteiger partial charge >= 0.3 is 6.09 Å². The number of nitrogens with two attached hydrogens (primary N) is 1. The predicted molar refractivity (Wildman–Crippen MR) is 128 cm³/mol. The van der Waals surface area contributed by atoms with Crippen molar-refractivity contribution in [2.45, 2.75) is 56.9 Å². The van der Waals surface area contributed by atoms with Crippen LogP contribution in [-0.2, 0) is 22.5 Å². The molecule has 7 nitrogen and oxygen atoms in total. The number of carbonyl (C=O) groups is 1. The molecule has 1 aliphatic carbocycles. The van der Waals surface area contributed by atoms with Crippen LogP contribution in [0.5, 0.6) is 0 Å². The van der Waals surface area contributed by atoms with Gasteiger partial charge < -0.3 is 20.1 Å². The number of likely N-dealkylation sites (tertiary alicyclic amines) is 1. The van der Waals surface area contributed by atoms with Crippen molar-refractivity contribution in [1.29, 1.82) is 0 Å². The molecule has 33 heavy (non-hydrogen) atoms. The monoisotopic (exact) mass is 452 g/mol. The number of rotatable bonds is 9. The maximum absolute atomic E-state index is 13.1. The number of aryl methyl sites for hydroxylation is 1. The summed E-state index contributed by atoms with van der Waals surface area (Å²) >= 11 is 0. The Hall–Kier alpha value is -2.48. The number of likely N-dealkylation sites (N-methyl/N-ethyl adjacent to an activating group) is 1. The van der Waals surface area contributed by atoms with Gasteiger partial charge in [-0.05, 0) is 62.9 Å². The van der Waals surface area contributed by atoms with Crippen LogP contribution in [0.3, 0.4) is 0 Å². The quantitative estimate of drug-likeness (QED) is 0.586. The summed E-state index contributed by atoms with van der Waals surface area (Å²) in [4.78, 5) is 22.0. The minimum atomic E-state index is -0.274. The molecule has 2 unspecified atom stereocenters. The molecule has 1 fully saturated rings. The molecule has 2 heterocycles. The summed E-state index contributed by atoms with van der Waals surface area (Å²) in [5.74, 6) is 0. The van der Waals surface area contributed by atoms with E-state index in [0.29, 0.717) is 19.7 Å². The van der Waals surface area contributed by atoms with E-state index in [0.717, 1.165) is 44.2 Å². The number of fused-ring (bicyclic) bond motifs is 1. The van der Waals surface area contributed by atoms with E-state index < -0.39 is 0 Å². The Labute approximate surface area is 196 Å². The van der Waals surface area contributed by atoms with E-state index in [4.69, 9.17) is 20.2 Å². The van der Waals surface area contributed by atoms with E-state index in [2.05, 4.69) is 18.0 Å². The molecule has 1 aliphatic heterocycles. The average Bonchev–Trinajstić information content (AvgIpc) is 3.25. The number of ether oxygens (including phenoxy) is 2. The lowest BCUT2D eigenvalue weighted by Gasteiger charge is -2.35. The number of pyridine rings is 1. The van der Waals surface area contributed by atoms with E-state index in [1.54, 1.807) is 0 Å². The summed E-state index contributed by atoms with van der Waals surface area (Å²) in [6, 6.07) is 14.3. The lowest BCUT2D eigenvalue weighted by atomic mass is 9.91. The number of amides is 1. The number of aromatic nitrogens is 1. The van der Waals surface area contributed by atoms with Crippen LogP contribution in [0.2, 0.25) is 0 Å². The Bertz CT molecular complexity index is 894. The highest BCUT2D eigenvalue weighted by molar-refractivity contribution is 5.68. The first kappa shape index (κ1) is 23.7. The van der Waals surface area contributed by atoms with E-state index in [1.165, 1.54) is 11.3 Å². The largest absolute Gasteiger partial charge is 0.445 e. The fourth-order valence-corrected chi connectivity index (χ4v) is 5.00. The van der Waals surface area contributed by atoms with Crippen molar-refractivity contribution >= 4 is 6.09 Å². The van der Waals surface area contributed by atoms with Crippen LogP contribution in [0, 0.1) is 0 Å². The molecular formula is C26H36N4O3. The molecule has 0 bridgehead atoms. The fourth-order valence-electron chi connectivity index (χ4n) is 5.00. The van der Waals surface area contributed by atoms with Gasteiger partial charge in [-0.25, -0.2) is 4.79 Å². The summed E-state index contributed by atoms with van der Waals surface area (Å²) in [5, 5.41) is 0. The van der Waals surface area contributed by atoms with E-state index in [-0.39, 0.29) is 30.9 Å². The van der Waals surface area contributed by atoms with Gasteiger partial charge in [0.1, 0.15) is 6.61 Å². The molecule has 0 radical (unpaired) electrons. The van der Waals surface area contributed by atoms with Crippen molar-refractivity contribution in [2.24, 2.45) is 5.73 Å². The summed E-state index contributed by atoms with van der Waals surface area (Å²) in [5.41, 5.74) is 9.13. The Morgan fingerprint density at radius 3 is 2.91 bits per heavy atom. The maximum Gasteiger partial charge on any atom is 0.410 e. The minimum absolute atomic E-state index is 0.0102.